The first-order valence-corrected chi connectivity index (χ1v) is 10.5. The maximum atomic E-state index is 12.9. The van der Waals surface area contributed by atoms with Crippen LogP contribution in [-0.2, 0) is 17.8 Å². The maximum absolute atomic E-state index is 12.9. The molecule has 0 aliphatic carbocycles. The van der Waals surface area contributed by atoms with Gasteiger partial charge in [-0.1, -0.05) is 37.3 Å². The van der Waals surface area contributed by atoms with E-state index in [-0.39, 0.29) is 17.6 Å². The summed E-state index contributed by atoms with van der Waals surface area (Å²) in [7, 11) is 0. The molecule has 1 heterocycles. The van der Waals surface area contributed by atoms with Crippen LogP contribution in [0.15, 0.2) is 70.2 Å². The molecule has 1 aromatic heterocycles. The summed E-state index contributed by atoms with van der Waals surface area (Å²) in [6.07, 6.45) is 2.41. The molecular formula is C23H24N2O3S. The van der Waals surface area contributed by atoms with E-state index in [1.54, 1.807) is 18.4 Å². The quantitative estimate of drug-likeness (QED) is 0.525. The number of benzene rings is 2. The first kappa shape index (κ1) is 20.7. The van der Waals surface area contributed by atoms with Crippen LogP contribution in [0.3, 0.4) is 0 Å². The summed E-state index contributed by atoms with van der Waals surface area (Å²) < 4.78 is 5.21. The average Bonchev–Trinajstić information content (AvgIpc) is 3.26. The van der Waals surface area contributed by atoms with Crippen molar-refractivity contribution in [1.29, 1.82) is 0 Å². The molecule has 6 heteroatoms. The lowest BCUT2D eigenvalue weighted by Gasteiger charge is -2.14. The van der Waals surface area contributed by atoms with Crippen LogP contribution in [0.2, 0.25) is 0 Å². The van der Waals surface area contributed by atoms with E-state index in [2.05, 4.69) is 17.6 Å². The third-order valence-electron chi connectivity index (χ3n) is 4.51. The second-order valence-corrected chi connectivity index (χ2v) is 7.57. The first-order chi connectivity index (χ1) is 14.1. The van der Waals surface area contributed by atoms with Crippen molar-refractivity contribution in [2.45, 2.75) is 31.7 Å². The molecule has 29 heavy (non-hydrogen) atoms. The summed E-state index contributed by atoms with van der Waals surface area (Å²) in [6.45, 7) is 4.40. The fraction of sp³-hybridized carbons (Fsp3) is 0.217. The molecule has 0 radical (unpaired) electrons. The predicted molar refractivity (Wildman–Crippen MR) is 116 cm³/mol. The van der Waals surface area contributed by atoms with Gasteiger partial charge < -0.3 is 15.1 Å². The summed E-state index contributed by atoms with van der Waals surface area (Å²) in [4.78, 5) is 25.8. The number of aryl methyl sites for hydroxylation is 2. The fourth-order valence-electron chi connectivity index (χ4n) is 2.96. The van der Waals surface area contributed by atoms with E-state index in [0.717, 1.165) is 28.1 Å². The van der Waals surface area contributed by atoms with E-state index < -0.39 is 0 Å². The minimum Gasteiger partial charge on any atom is -0.467 e. The molecule has 0 bridgehead atoms. The number of carbonyl (C=O) groups excluding carboxylic acids is 2. The summed E-state index contributed by atoms with van der Waals surface area (Å²) >= 11 is 1.34. The van der Waals surface area contributed by atoms with Crippen molar-refractivity contribution in [1.82, 2.24) is 5.32 Å². The van der Waals surface area contributed by atoms with Crippen LogP contribution in [0.25, 0.3) is 0 Å². The van der Waals surface area contributed by atoms with Gasteiger partial charge in [0.1, 0.15) is 5.76 Å². The largest absolute Gasteiger partial charge is 0.467 e. The Morgan fingerprint density at radius 1 is 1.03 bits per heavy atom. The lowest BCUT2D eigenvalue weighted by molar-refractivity contribution is -0.118. The topological polar surface area (TPSA) is 71.3 Å². The van der Waals surface area contributed by atoms with E-state index in [1.807, 2.05) is 49.4 Å². The van der Waals surface area contributed by atoms with E-state index in [1.165, 1.54) is 11.8 Å². The molecule has 0 saturated heterocycles. The molecule has 3 rings (SSSR count). The number of thioether (sulfide) groups is 1. The number of amides is 2. The highest BCUT2D eigenvalue weighted by atomic mass is 32.2. The van der Waals surface area contributed by atoms with Crippen molar-refractivity contribution < 1.29 is 14.0 Å². The zero-order chi connectivity index (χ0) is 20.6. The molecule has 0 spiro atoms. The number of nitrogens with one attached hydrogen (secondary N) is 2. The Balaban J connectivity index is 1.65. The first-order valence-electron chi connectivity index (χ1n) is 9.49. The minimum atomic E-state index is -0.173. The second kappa shape index (κ2) is 9.98. The van der Waals surface area contributed by atoms with Crippen LogP contribution in [-0.4, -0.2) is 17.6 Å². The van der Waals surface area contributed by atoms with Gasteiger partial charge in [-0.25, -0.2) is 0 Å². The molecule has 150 valence electrons. The highest BCUT2D eigenvalue weighted by molar-refractivity contribution is 8.00. The Morgan fingerprint density at radius 2 is 1.86 bits per heavy atom. The molecule has 0 saturated carbocycles. The molecule has 2 N–H and O–H groups in total. The number of para-hydroxylation sites is 1. The van der Waals surface area contributed by atoms with Crippen molar-refractivity contribution >= 4 is 29.3 Å². The molecule has 0 unspecified atom stereocenters. The van der Waals surface area contributed by atoms with Gasteiger partial charge in [-0.2, -0.15) is 0 Å². The molecule has 0 aliphatic heterocycles. The average molecular weight is 409 g/mol. The zero-order valence-corrected chi connectivity index (χ0v) is 17.3. The van der Waals surface area contributed by atoms with Gasteiger partial charge in [-0.15, -0.1) is 11.8 Å². The van der Waals surface area contributed by atoms with Gasteiger partial charge in [0.25, 0.3) is 5.91 Å². The van der Waals surface area contributed by atoms with E-state index >= 15 is 0 Å². The number of furan rings is 1. The van der Waals surface area contributed by atoms with Crippen molar-refractivity contribution in [2.75, 3.05) is 11.1 Å². The molecule has 2 aromatic carbocycles. The summed E-state index contributed by atoms with van der Waals surface area (Å²) in [5.74, 6) is 0.630. The summed E-state index contributed by atoms with van der Waals surface area (Å²) in [5, 5.41) is 5.86. The molecule has 3 aromatic rings. The van der Waals surface area contributed by atoms with Crippen LogP contribution in [0.4, 0.5) is 5.69 Å². The van der Waals surface area contributed by atoms with Crippen LogP contribution in [0.5, 0.6) is 0 Å². The summed E-state index contributed by atoms with van der Waals surface area (Å²) in [6, 6.07) is 16.9. The van der Waals surface area contributed by atoms with E-state index in [9.17, 15) is 9.59 Å². The normalized spacial score (nSPS) is 10.6. The minimum absolute atomic E-state index is 0.117. The smallest absolute Gasteiger partial charge is 0.256 e. The van der Waals surface area contributed by atoms with Gasteiger partial charge in [0, 0.05) is 10.6 Å². The Labute approximate surface area is 174 Å². The van der Waals surface area contributed by atoms with Gasteiger partial charge in [0.2, 0.25) is 5.91 Å². The Kier molecular flexibility index (Phi) is 7.14. The molecular weight excluding hydrogens is 384 g/mol. The zero-order valence-electron chi connectivity index (χ0n) is 16.5. The molecule has 0 aliphatic rings. The second-order valence-electron chi connectivity index (χ2n) is 6.56. The van der Waals surface area contributed by atoms with Gasteiger partial charge in [-0.3, -0.25) is 9.59 Å². The highest BCUT2D eigenvalue weighted by Gasteiger charge is 2.15. The lowest BCUT2D eigenvalue weighted by Crippen LogP contribution is -2.24. The van der Waals surface area contributed by atoms with Crippen molar-refractivity contribution in [2.24, 2.45) is 0 Å². The van der Waals surface area contributed by atoms with Crippen LogP contribution < -0.4 is 10.6 Å². The van der Waals surface area contributed by atoms with Crippen LogP contribution in [0.1, 0.15) is 34.2 Å². The van der Waals surface area contributed by atoms with Crippen molar-refractivity contribution in [3.05, 3.63) is 83.3 Å². The number of anilines is 1. The van der Waals surface area contributed by atoms with Gasteiger partial charge in [0.15, 0.2) is 0 Å². The van der Waals surface area contributed by atoms with Crippen LogP contribution >= 0.6 is 11.8 Å². The Hall–Kier alpha value is -2.99. The number of hydrogen-bond acceptors (Lipinski definition) is 4. The lowest BCUT2D eigenvalue weighted by atomic mass is 10.1. The number of rotatable bonds is 8. The monoisotopic (exact) mass is 408 g/mol. The fourth-order valence-corrected chi connectivity index (χ4v) is 3.84. The van der Waals surface area contributed by atoms with Crippen molar-refractivity contribution in [3.8, 4) is 0 Å². The third kappa shape index (κ3) is 5.51. The summed E-state index contributed by atoms with van der Waals surface area (Å²) in [5.41, 5.74) is 3.54. The van der Waals surface area contributed by atoms with Gasteiger partial charge in [0.05, 0.1) is 24.1 Å². The molecule has 2 amide bonds. The standard InChI is InChI=1S/C23H24N2O3S/c1-3-17-9-6-8-16(2)22(17)25-23(27)19-11-4-5-12-20(19)29-15-21(26)24-14-18-10-7-13-28-18/h4-13H,3,14-15H2,1-2H3,(H,24,26)(H,25,27). The molecule has 0 fully saturated rings. The van der Waals surface area contributed by atoms with Gasteiger partial charge in [-0.05, 0) is 48.7 Å². The number of hydrogen-bond donors (Lipinski definition) is 2. The van der Waals surface area contributed by atoms with Crippen molar-refractivity contribution in [3.63, 3.8) is 0 Å². The Bertz CT molecular complexity index is 984. The van der Waals surface area contributed by atoms with Gasteiger partial charge >= 0.3 is 0 Å². The molecule has 0 atom stereocenters. The predicted octanol–water partition coefficient (Wildman–Crippen LogP) is 4.81. The van der Waals surface area contributed by atoms with Crippen LogP contribution in [0, 0.1) is 6.92 Å². The highest BCUT2D eigenvalue weighted by Crippen LogP contribution is 2.26. The van der Waals surface area contributed by atoms with E-state index in [4.69, 9.17) is 4.42 Å². The molecule has 5 nitrogen and oxygen atoms in total. The van der Waals surface area contributed by atoms with E-state index in [0.29, 0.717) is 17.9 Å². The third-order valence-corrected chi connectivity index (χ3v) is 5.58. The number of carbonyl (C=O) groups is 2. The SMILES string of the molecule is CCc1cccc(C)c1NC(=O)c1ccccc1SCC(=O)NCc1ccco1. The maximum Gasteiger partial charge on any atom is 0.256 e. The Morgan fingerprint density at radius 3 is 2.62 bits per heavy atom.